The first kappa shape index (κ1) is 14.9. The third-order valence-corrected chi connectivity index (χ3v) is 2.91. The largest absolute Gasteiger partial charge is 0.379 e. The van der Waals surface area contributed by atoms with E-state index in [-0.39, 0.29) is 11.9 Å². The topological polar surface area (TPSA) is 61.9 Å². The average Bonchev–Trinajstić information content (AvgIpc) is 2.35. The quantitative estimate of drug-likeness (QED) is 0.769. The van der Waals surface area contributed by atoms with Gasteiger partial charge in [-0.25, -0.2) is 4.79 Å². The molecule has 0 aromatic heterocycles. The molecule has 0 bridgehead atoms. The summed E-state index contributed by atoms with van der Waals surface area (Å²) in [5, 5.41) is 2.65. The van der Waals surface area contributed by atoms with Crippen LogP contribution in [-0.2, 0) is 9.53 Å². The smallest absolute Gasteiger partial charge is 0.324 e. The van der Waals surface area contributed by atoms with Crippen LogP contribution in [0.1, 0.15) is 20.3 Å². The number of nitrogens with one attached hydrogen (secondary N) is 1. The number of carbonyl (C=O) groups is 2. The van der Waals surface area contributed by atoms with E-state index in [1.54, 1.807) is 0 Å². The number of ether oxygens (including phenoxy) is 1. The average molecular weight is 257 g/mol. The summed E-state index contributed by atoms with van der Waals surface area (Å²) in [6.45, 7) is 8.56. The molecular formula is C12H23N3O3. The summed E-state index contributed by atoms with van der Waals surface area (Å²) in [7, 11) is 0. The Kier molecular flexibility index (Phi) is 6.67. The summed E-state index contributed by atoms with van der Waals surface area (Å²) in [5.74, 6) is -0.206. The molecule has 1 heterocycles. The van der Waals surface area contributed by atoms with Gasteiger partial charge in [-0.05, 0) is 13.3 Å². The Morgan fingerprint density at radius 2 is 2.00 bits per heavy atom. The SMILES string of the molecule is CCNC(=O)N(CCCN1CCOCC1)C(C)=O. The highest BCUT2D eigenvalue weighted by Crippen LogP contribution is 2.00. The number of hydrogen-bond acceptors (Lipinski definition) is 4. The van der Waals surface area contributed by atoms with Gasteiger partial charge in [-0.1, -0.05) is 0 Å². The Labute approximate surface area is 108 Å². The van der Waals surface area contributed by atoms with E-state index in [1.165, 1.54) is 11.8 Å². The third-order valence-electron chi connectivity index (χ3n) is 2.91. The zero-order chi connectivity index (χ0) is 13.4. The van der Waals surface area contributed by atoms with Crippen molar-refractivity contribution in [2.24, 2.45) is 0 Å². The first-order chi connectivity index (χ1) is 8.65. The second-order valence-electron chi connectivity index (χ2n) is 4.31. The number of imide groups is 1. The van der Waals surface area contributed by atoms with Crippen molar-refractivity contribution in [1.82, 2.24) is 15.1 Å². The van der Waals surface area contributed by atoms with Gasteiger partial charge in [0.1, 0.15) is 0 Å². The molecule has 0 aromatic rings. The summed E-state index contributed by atoms with van der Waals surface area (Å²) in [6.07, 6.45) is 0.802. The molecule has 1 aliphatic heterocycles. The molecule has 1 N–H and O–H groups in total. The predicted octanol–water partition coefficient (Wildman–Crippen LogP) is 0.287. The number of nitrogens with zero attached hydrogens (tertiary/aromatic N) is 2. The van der Waals surface area contributed by atoms with Crippen LogP contribution in [0, 0.1) is 0 Å². The zero-order valence-electron chi connectivity index (χ0n) is 11.3. The second-order valence-corrected chi connectivity index (χ2v) is 4.31. The molecule has 0 aromatic carbocycles. The molecule has 0 atom stereocenters. The maximum atomic E-state index is 11.6. The van der Waals surface area contributed by atoms with Crippen LogP contribution >= 0.6 is 0 Å². The summed E-state index contributed by atoms with van der Waals surface area (Å²) in [6, 6.07) is -0.299. The lowest BCUT2D eigenvalue weighted by Crippen LogP contribution is -2.44. The van der Waals surface area contributed by atoms with E-state index in [0.29, 0.717) is 13.1 Å². The van der Waals surface area contributed by atoms with Gasteiger partial charge in [0.15, 0.2) is 0 Å². The van der Waals surface area contributed by atoms with Gasteiger partial charge in [-0.15, -0.1) is 0 Å². The van der Waals surface area contributed by atoms with Crippen molar-refractivity contribution in [3.63, 3.8) is 0 Å². The van der Waals surface area contributed by atoms with Crippen molar-refractivity contribution in [3.8, 4) is 0 Å². The first-order valence-electron chi connectivity index (χ1n) is 6.51. The molecule has 1 aliphatic rings. The van der Waals surface area contributed by atoms with Gasteiger partial charge in [0.2, 0.25) is 5.91 Å². The zero-order valence-corrected chi connectivity index (χ0v) is 11.3. The van der Waals surface area contributed by atoms with Crippen LogP contribution in [0.15, 0.2) is 0 Å². The van der Waals surface area contributed by atoms with E-state index in [9.17, 15) is 9.59 Å². The molecule has 1 rings (SSSR count). The predicted molar refractivity (Wildman–Crippen MR) is 68.3 cm³/mol. The van der Waals surface area contributed by atoms with Crippen LogP contribution in [0.4, 0.5) is 4.79 Å². The number of hydrogen-bond donors (Lipinski definition) is 1. The monoisotopic (exact) mass is 257 g/mol. The molecule has 0 spiro atoms. The molecular weight excluding hydrogens is 234 g/mol. The lowest BCUT2D eigenvalue weighted by Gasteiger charge is -2.27. The lowest BCUT2D eigenvalue weighted by molar-refractivity contribution is -0.126. The van der Waals surface area contributed by atoms with Crippen molar-refractivity contribution >= 4 is 11.9 Å². The van der Waals surface area contributed by atoms with Crippen molar-refractivity contribution < 1.29 is 14.3 Å². The van der Waals surface area contributed by atoms with E-state index in [2.05, 4.69) is 10.2 Å². The summed E-state index contributed by atoms with van der Waals surface area (Å²) in [4.78, 5) is 26.6. The van der Waals surface area contributed by atoms with E-state index < -0.39 is 0 Å². The number of amides is 3. The Bertz CT molecular complexity index is 278. The normalized spacial score (nSPS) is 16.3. The molecule has 6 heteroatoms. The van der Waals surface area contributed by atoms with Crippen LogP contribution in [0.25, 0.3) is 0 Å². The lowest BCUT2D eigenvalue weighted by atomic mass is 10.3. The Balaban J connectivity index is 2.28. The third kappa shape index (κ3) is 5.01. The van der Waals surface area contributed by atoms with Crippen LogP contribution in [0.2, 0.25) is 0 Å². The number of rotatable bonds is 5. The van der Waals surface area contributed by atoms with Crippen molar-refractivity contribution in [2.75, 3.05) is 45.9 Å². The molecule has 0 aliphatic carbocycles. The van der Waals surface area contributed by atoms with Crippen molar-refractivity contribution in [3.05, 3.63) is 0 Å². The van der Waals surface area contributed by atoms with Crippen molar-refractivity contribution in [1.29, 1.82) is 0 Å². The molecule has 3 amide bonds. The number of morpholine rings is 1. The Morgan fingerprint density at radius 3 is 2.56 bits per heavy atom. The van der Waals surface area contributed by atoms with E-state index >= 15 is 0 Å². The fourth-order valence-electron chi connectivity index (χ4n) is 1.93. The van der Waals surface area contributed by atoms with Crippen LogP contribution < -0.4 is 5.32 Å². The minimum Gasteiger partial charge on any atom is -0.379 e. The molecule has 0 radical (unpaired) electrons. The Morgan fingerprint density at radius 1 is 1.33 bits per heavy atom. The van der Waals surface area contributed by atoms with Gasteiger partial charge in [-0.2, -0.15) is 0 Å². The fraction of sp³-hybridized carbons (Fsp3) is 0.833. The summed E-state index contributed by atoms with van der Waals surface area (Å²) < 4.78 is 5.27. The first-order valence-corrected chi connectivity index (χ1v) is 6.51. The van der Waals surface area contributed by atoms with Gasteiger partial charge in [0.05, 0.1) is 13.2 Å². The second kappa shape index (κ2) is 8.05. The summed E-state index contributed by atoms with van der Waals surface area (Å²) >= 11 is 0. The number of urea groups is 1. The highest BCUT2D eigenvalue weighted by Gasteiger charge is 2.17. The van der Waals surface area contributed by atoms with E-state index in [0.717, 1.165) is 39.3 Å². The molecule has 18 heavy (non-hydrogen) atoms. The highest BCUT2D eigenvalue weighted by molar-refractivity contribution is 5.93. The van der Waals surface area contributed by atoms with Crippen LogP contribution in [-0.4, -0.2) is 67.7 Å². The molecule has 0 unspecified atom stereocenters. The fourth-order valence-corrected chi connectivity index (χ4v) is 1.93. The molecule has 1 fully saturated rings. The Hall–Kier alpha value is -1.14. The van der Waals surface area contributed by atoms with E-state index in [1.807, 2.05) is 6.92 Å². The number of carbonyl (C=O) groups excluding carboxylic acids is 2. The van der Waals surface area contributed by atoms with E-state index in [4.69, 9.17) is 4.74 Å². The van der Waals surface area contributed by atoms with Gasteiger partial charge in [0.25, 0.3) is 0 Å². The van der Waals surface area contributed by atoms with Gasteiger partial charge >= 0.3 is 6.03 Å². The van der Waals surface area contributed by atoms with Gasteiger partial charge < -0.3 is 10.1 Å². The maximum absolute atomic E-state index is 11.6. The molecule has 6 nitrogen and oxygen atoms in total. The minimum atomic E-state index is -0.299. The van der Waals surface area contributed by atoms with Gasteiger partial charge in [-0.3, -0.25) is 14.6 Å². The molecule has 1 saturated heterocycles. The van der Waals surface area contributed by atoms with Crippen LogP contribution in [0.5, 0.6) is 0 Å². The van der Waals surface area contributed by atoms with Gasteiger partial charge in [0, 0.05) is 39.6 Å². The maximum Gasteiger partial charge on any atom is 0.324 e. The summed E-state index contributed by atoms with van der Waals surface area (Å²) in [5.41, 5.74) is 0. The molecule has 104 valence electrons. The van der Waals surface area contributed by atoms with Crippen LogP contribution in [0.3, 0.4) is 0 Å². The standard InChI is InChI=1S/C12H23N3O3/c1-3-13-12(17)15(11(2)16)6-4-5-14-7-9-18-10-8-14/h3-10H2,1-2H3,(H,13,17). The molecule has 0 saturated carbocycles. The highest BCUT2D eigenvalue weighted by atomic mass is 16.5. The minimum absolute atomic E-state index is 0.206. The van der Waals surface area contributed by atoms with Crippen molar-refractivity contribution in [2.45, 2.75) is 20.3 Å².